The highest BCUT2D eigenvalue weighted by molar-refractivity contribution is 5.21. The fourth-order valence-corrected chi connectivity index (χ4v) is 5.39. The van der Waals surface area contributed by atoms with E-state index in [0.717, 1.165) is 17.5 Å². The molecule has 0 spiro atoms. The normalized spacial score (nSPS) is 38.1. The highest BCUT2D eigenvalue weighted by Gasteiger charge is 2.50. The van der Waals surface area contributed by atoms with Crippen LogP contribution in [-0.2, 0) is 13.2 Å². The van der Waals surface area contributed by atoms with Crippen molar-refractivity contribution in [1.82, 2.24) is 15.0 Å². The van der Waals surface area contributed by atoms with Gasteiger partial charge in [-0.05, 0) is 55.8 Å². The highest BCUT2D eigenvalue weighted by atomic mass is 16.3. The van der Waals surface area contributed by atoms with Gasteiger partial charge in [-0.2, -0.15) is 5.26 Å². The Morgan fingerprint density at radius 1 is 1.15 bits per heavy atom. The second-order valence-corrected chi connectivity index (χ2v) is 6.85. The molecule has 1 N–H and O–H groups in total. The summed E-state index contributed by atoms with van der Waals surface area (Å²) in [6.45, 7) is 0.175. The number of hydrogen-bond donors (Lipinski definition) is 1. The standard InChI is InChI=1S/C15H20N4O/c16-1-2-19-15(13(8-20)17-18-19)14-11-4-9-3-10(6-11)7-12(14)5-9/h9-12,14,20H,2-8H2. The van der Waals surface area contributed by atoms with Crippen molar-refractivity contribution in [3.05, 3.63) is 11.4 Å². The molecule has 0 saturated heterocycles. The molecule has 0 amide bonds. The Hall–Kier alpha value is -1.41. The Balaban J connectivity index is 1.74. The monoisotopic (exact) mass is 272 g/mol. The van der Waals surface area contributed by atoms with E-state index >= 15 is 0 Å². The summed E-state index contributed by atoms with van der Waals surface area (Å²) < 4.78 is 1.73. The van der Waals surface area contributed by atoms with Gasteiger partial charge < -0.3 is 5.11 Å². The van der Waals surface area contributed by atoms with Crippen molar-refractivity contribution in [1.29, 1.82) is 5.26 Å². The number of aromatic nitrogens is 3. The first-order valence-corrected chi connectivity index (χ1v) is 7.70. The van der Waals surface area contributed by atoms with E-state index in [0.29, 0.717) is 23.4 Å². The summed E-state index contributed by atoms with van der Waals surface area (Å²) in [7, 11) is 0. The molecule has 0 aliphatic heterocycles. The van der Waals surface area contributed by atoms with Crippen LogP contribution in [0.5, 0.6) is 0 Å². The lowest BCUT2D eigenvalue weighted by molar-refractivity contribution is -0.00608. The summed E-state index contributed by atoms with van der Waals surface area (Å²) in [5.41, 5.74) is 1.75. The summed E-state index contributed by atoms with van der Waals surface area (Å²) in [6.07, 6.45) is 6.71. The Bertz CT molecular complexity index is 531. The van der Waals surface area contributed by atoms with Gasteiger partial charge in [0.25, 0.3) is 0 Å². The smallest absolute Gasteiger partial charge is 0.130 e. The highest BCUT2D eigenvalue weighted by Crippen LogP contribution is 2.59. The van der Waals surface area contributed by atoms with Crippen LogP contribution in [0.25, 0.3) is 0 Å². The van der Waals surface area contributed by atoms with Gasteiger partial charge in [-0.25, -0.2) is 4.68 Å². The van der Waals surface area contributed by atoms with E-state index in [2.05, 4.69) is 16.4 Å². The van der Waals surface area contributed by atoms with E-state index in [1.165, 1.54) is 32.1 Å². The van der Waals surface area contributed by atoms with Gasteiger partial charge in [0, 0.05) is 5.92 Å². The molecular formula is C15H20N4O. The molecule has 1 aromatic heterocycles. The molecule has 4 saturated carbocycles. The van der Waals surface area contributed by atoms with Crippen molar-refractivity contribution < 1.29 is 5.11 Å². The molecule has 1 aromatic rings. The summed E-state index contributed by atoms with van der Waals surface area (Å²) in [4.78, 5) is 0. The largest absolute Gasteiger partial charge is 0.390 e. The number of aliphatic hydroxyl groups is 1. The quantitative estimate of drug-likeness (QED) is 0.911. The summed E-state index contributed by atoms with van der Waals surface area (Å²) in [5.74, 6) is 3.74. The van der Waals surface area contributed by atoms with Crippen LogP contribution in [0.15, 0.2) is 0 Å². The van der Waals surface area contributed by atoms with Crippen molar-refractivity contribution >= 4 is 0 Å². The third kappa shape index (κ3) is 1.71. The topological polar surface area (TPSA) is 74.7 Å². The van der Waals surface area contributed by atoms with E-state index in [-0.39, 0.29) is 13.2 Å². The van der Waals surface area contributed by atoms with Gasteiger partial charge in [0.05, 0.1) is 18.4 Å². The number of rotatable bonds is 3. The summed E-state index contributed by atoms with van der Waals surface area (Å²) >= 11 is 0. The lowest BCUT2D eigenvalue weighted by Crippen LogP contribution is -2.44. The van der Waals surface area contributed by atoms with Crippen molar-refractivity contribution in [3.8, 4) is 6.07 Å². The van der Waals surface area contributed by atoms with E-state index < -0.39 is 0 Å². The molecule has 0 radical (unpaired) electrons. The Labute approximate surface area is 118 Å². The number of aliphatic hydroxyl groups excluding tert-OH is 1. The molecule has 106 valence electrons. The van der Waals surface area contributed by atoms with Crippen LogP contribution in [0.1, 0.15) is 49.4 Å². The zero-order valence-corrected chi connectivity index (χ0v) is 11.6. The van der Waals surface area contributed by atoms with E-state index in [9.17, 15) is 5.11 Å². The average Bonchev–Trinajstić information content (AvgIpc) is 2.81. The molecule has 5 heteroatoms. The minimum absolute atomic E-state index is 0.0659. The third-order valence-corrected chi connectivity index (χ3v) is 5.76. The molecule has 4 bridgehead atoms. The van der Waals surface area contributed by atoms with Gasteiger partial charge in [0.1, 0.15) is 12.2 Å². The maximum atomic E-state index is 9.56. The van der Waals surface area contributed by atoms with Crippen LogP contribution < -0.4 is 0 Å². The molecule has 0 unspecified atom stereocenters. The van der Waals surface area contributed by atoms with Gasteiger partial charge >= 0.3 is 0 Å². The average molecular weight is 272 g/mol. The molecule has 0 aromatic carbocycles. The van der Waals surface area contributed by atoms with Crippen LogP contribution in [0, 0.1) is 35.0 Å². The zero-order chi connectivity index (χ0) is 13.7. The second-order valence-electron chi connectivity index (χ2n) is 6.85. The van der Waals surface area contributed by atoms with E-state index in [1.807, 2.05) is 0 Å². The fourth-order valence-electron chi connectivity index (χ4n) is 5.39. The number of hydrogen-bond acceptors (Lipinski definition) is 4. The van der Waals surface area contributed by atoms with Gasteiger partial charge in [0.15, 0.2) is 0 Å². The van der Waals surface area contributed by atoms with Crippen molar-refractivity contribution in [2.75, 3.05) is 0 Å². The van der Waals surface area contributed by atoms with Crippen LogP contribution in [0.4, 0.5) is 0 Å². The van der Waals surface area contributed by atoms with Crippen molar-refractivity contribution in [2.24, 2.45) is 23.7 Å². The van der Waals surface area contributed by atoms with Gasteiger partial charge in [-0.3, -0.25) is 0 Å². The Morgan fingerprint density at radius 2 is 1.80 bits per heavy atom. The van der Waals surface area contributed by atoms with Crippen LogP contribution in [0.3, 0.4) is 0 Å². The molecule has 5 nitrogen and oxygen atoms in total. The summed E-state index contributed by atoms with van der Waals surface area (Å²) in [6, 6.07) is 2.16. The molecule has 4 aliphatic carbocycles. The zero-order valence-electron chi connectivity index (χ0n) is 11.6. The molecular weight excluding hydrogens is 252 g/mol. The maximum absolute atomic E-state index is 9.56. The van der Waals surface area contributed by atoms with Gasteiger partial charge in [-0.15, -0.1) is 5.10 Å². The SMILES string of the molecule is N#CCn1nnc(CO)c1C1C2CC3CC(C2)CC1C3. The molecule has 5 rings (SSSR count). The Kier molecular flexibility index (Phi) is 2.81. The maximum Gasteiger partial charge on any atom is 0.130 e. The molecule has 4 fully saturated rings. The van der Waals surface area contributed by atoms with Crippen molar-refractivity contribution in [3.63, 3.8) is 0 Å². The first kappa shape index (κ1) is 12.3. The predicted molar refractivity (Wildman–Crippen MR) is 71.3 cm³/mol. The predicted octanol–water partition coefficient (Wildman–Crippen LogP) is 1.83. The second kappa shape index (κ2) is 4.56. The minimum atomic E-state index is -0.0659. The van der Waals surface area contributed by atoms with Crippen LogP contribution in [-0.4, -0.2) is 20.1 Å². The number of nitrogens with zero attached hydrogens (tertiary/aromatic N) is 4. The number of nitriles is 1. The van der Waals surface area contributed by atoms with Gasteiger partial charge in [-0.1, -0.05) is 5.21 Å². The van der Waals surface area contributed by atoms with E-state index in [4.69, 9.17) is 5.26 Å². The van der Waals surface area contributed by atoms with Crippen LogP contribution in [0.2, 0.25) is 0 Å². The Morgan fingerprint density at radius 3 is 2.35 bits per heavy atom. The lowest BCUT2D eigenvalue weighted by atomic mass is 9.51. The van der Waals surface area contributed by atoms with Crippen LogP contribution >= 0.6 is 0 Å². The molecule has 1 heterocycles. The molecule has 20 heavy (non-hydrogen) atoms. The fraction of sp³-hybridized carbons (Fsp3) is 0.800. The van der Waals surface area contributed by atoms with E-state index in [1.54, 1.807) is 4.68 Å². The molecule has 0 atom stereocenters. The van der Waals surface area contributed by atoms with Gasteiger partial charge in [0.2, 0.25) is 0 Å². The first-order valence-electron chi connectivity index (χ1n) is 7.70. The minimum Gasteiger partial charge on any atom is -0.390 e. The first-order chi connectivity index (χ1) is 9.80. The third-order valence-electron chi connectivity index (χ3n) is 5.76. The lowest BCUT2D eigenvalue weighted by Gasteiger charge is -2.54. The van der Waals surface area contributed by atoms with Crippen molar-refractivity contribution in [2.45, 2.75) is 51.2 Å². The summed E-state index contributed by atoms with van der Waals surface area (Å²) in [5, 5.41) is 26.7. The molecule has 4 aliphatic rings.